The molecule has 2 amide bonds. The number of carbonyl (C=O) groups excluding carboxylic acids is 2. The topological polar surface area (TPSA) is 97.6 Å². The van der Waals surface area contributed by atoms with Crippen molar-refractivity contribution in [3.8, 4) is 5.75 Å². The number of halogens is 1. The molecule has 138 valence electrons. The van der Waals surface area contributed by atoms with Gasteiger partial charge < -0.3 is 9.15 Å². The molecule has 7 nitrogen and oxygen atoms in total. The predicted octanol–water partition coefficient (Wildman–Crippen LogP) is 2.41. The lowest BCUT2D eigenvalue weighted by Gasteiger charge is -2.08. The van der Waals surface area contributed by atoms with Crippen LogP contribution >= 0.6 is 0 Å². The molecule has 0 atom stereocenters. The standard InChI is InChI=1S/C19H15FN2O5/c1-2-26-14-8-5-12-9-15(19(25)27-16(12)10-14)18(24)22-21-17(23)11-3-6-13(20)7-4-11/h3-10H,2H2,1H3,(H,21,23)(H,22,24). The fourth-order valence-electron chi connectivity index (χ4n) is 2.36. The van der Waals surface area contributed by atoms with Gasteiger partial charge in [-0.15, -0.1) is 0 Å². The Morgan fingerprint density at radius 1 is 1.04 bits per heavy atom. The summed E-state index contributed by atoms with van der Waals surface area (Å²) in [4.78, 5) is 36.2. The Hall–Kier alpha value is -3.68. The van der Waals surface area contributed by atoms with Crippen LogP contribution in [0, 0.1) is 5.82 Å². The summed E-state index contributed by atoms with van der Waals surface area (Å²) in [7, 11) is 0. The summed E-state index contributed by atoms with van der Waals surface area (Å²) in [5.41, 5.74) is 3.58. The van der Waals surface area contributed by atoms with Crippen molar-refractivity contribution in [2.45, 2.75) is 6.92 Å². The summed E-state index contributed by atoms with van der Waals surface area (Å²) in [5, 5.41) is 0.521. The van der Waals surface area contributed by atoms with Crippen LogP contribution in [0.25, 0.3) is 11.0 Å². The van der Waals surface area contributed by atoms with Crippen molar-refractivity contribution >= 4 is 22.8 Å². The second kappa shape index (κ2) is 7.69. The van der Waals surface area contributed by atoms with Crippen LogP contribution in [0.1, 0.15) is 27.6 Å². The predicted molar refractivity (Wildman–Crippen MR) is 95.0 cm³/mol. The quantitative estimate of drug-likeness (QED) is 0.543. The van der Waals surface area contributed by atoms with Crippen molar-refractivity contribution in [1.29, 1.82) is 0 Å². The van der Waals surface area contributed by atoms with Crippen molar-refractivity contribution < 1.29 is 23.1 Å². The minimum atomic E-state index is -0.857. The normalized spacial score (nSPS) is 10.4. The van der Waals surface area contributed by atoms with Crippen molar-refractivity contribution in [1.82, 2.24) is 10.9 Å². The molecule has 2 N–H and O–H groups in total. The zero-order valence-electron chi connectivity index (χ0n) is 14.2. The molecule has 1 aromatic heterocycles. The van der Waals surface area contributed by atoms with Gasteiger partial charge in [0.1, 0.15) is 22.7 Å². The second-order valence-electron chi connectivity index (χ2n) is 5.50. The first kappa shape index (κ1) is 18.1. The van der Waals surface area contributed by atoms with E-state index in [0.29, 0.717) is 17.7 Å². The molecular formula is C19H15FN2O5. The van der Waals surface area contributed by atoms with Crippen LogP contribution in [0.15, 0.2) is 57.7 Å². The average molecular weight is 370 g/mol. The van der Waals surface area contributed by atoms with Gasteiger partial charge in [-0.25, -0.2) is 9.18 Å². The molecule has 1 heterocycles. The van der Waals surface area contributed by atoms with E-state index >= 15 is 0 Å². The number of benzene rings is 2. The molecule has 0 radical (unpaired) electrons. The first-order chi connectivity index (χ1) is 13.0. The van der Waals surface area contributed by atoms with Crippen molar-refractivity contribution in [3.05, 3.63) is 75.9 Å². The molecule has 2 aromatic carbocycles. The fraction of sp³-hybridized carbons (Fsp3) is 0.105. The summed E-state index contributed by atoms with van der Waals surface area (Å²) < 4.78 is 23.4. The van der Waals surface area contributed by atoms with Gasteiger partial charge in [0.25, 0.3) is 11.8 Å². The van der Waals surface area contributed by atoms with Crippen LogP contribution in [0.3, 0.4) is 0 Å². The lowest BCUT2D eigenvalue weighted by Crippen LogP contribution is -2.43. The number of hydrogen-bond donors (Lipinski definition) is 2. The van der Waals surface area contributed by atoms with E-state index in [2.05, 4.69) is 10.9 Å². The van der Waals surface area contributed by atoms with Gasteiger partial charge in [-0.1, -0.05) is 0 Å². The SMILES string of the molecule is CCOc1ccc2cc(C(=O)NNC(=O)c3ccc(F)cc3)c(=O)oc2c1. The summed E-state index contributed by atoms with van der Waals surface area (Å²) in [5.74, 6) is -1.45. The molecule has 3 rings (SSSR count). The first-order valence-electron chi connectivity index (χ1n) is 8.05. The molecule has 0 spiro atoms. The van der Waals surface area contributed by atoms with E-state index in [0.717, 1.165) is 12.1 Å². The summed E-state index contributed by atoms with van der Waals surface area (Å²) >= 11 is 0. The number of amides is 2. The molecule has 27 heavy (non-hydrogen) atoms. The average Bonchev–Trinajstić information content (AvgIpc) is 2.66. The zero-order valence-corrected chi connectivity index (χ0v) is 14.2. The maximum absolute atomic E-state index is 12.9. The fourth-order valence-corrected chi connectivity index (χ4v) is 2.36. The van der Waals surface area contributed by atoms with Gasteiger partial charge in [-0.2, -0.15) is 0 Å². The van der Waals surface area contributed by atoms with Gasteiger partial charge in [0.2, 0.25) is 0 Å². The number of rotatable bonds is 4. The van der Waals surface area contributed by atoms with Crippen LogP contribution < -0.4 is 21.2 Å². The number of nitrogens with one attached hydrogen (secondary N) is 2. The molecule has 8 heteroatoms. The third kappa shape index (κ3) is 4.12. The van der Waals surface area contributed by atoms with Crippen molar-refractivity contribution in [2.24, 2.45) is 0 Å². The van der Waals surface area contributed by atoms with Gasteiger partial charge in [0.05, 0.1) is 6.61 Å². The number of fused-ring (bicyclic) bond motifs is 1. The minimum absolute atomic E-state index is 0.144. The summed E-state index contributed by atoms with van der Waals surface area (Å²) in [6.07, 6.45) is 0. The Kier molecular flexibility index (Phi) is 5.16. The molecule has 0 aliphatic carbocycles. The Balaban J connectivity index is 1.76. The molecule has 0 saturated heterocycles. The third-order valence-electron chi connectivity index (χ3n) is 3.66. The number of ether oxygens (including phenoxy) is 1. The molecule has 0 saturated carbocycles. The van der Waals surface area contributed by atoms with Gasteiger partial charge in [0.15, 0.2) is 0 Å². The molecule has 0 fully saturated rings. The molecule has 0 aliphatic rings. The Bertz CT molecular complexity index is 1060. The van der Waals surface area contributed by atoms with E-state index in [1.165, 1.54) is 18.2 Å². The van der Waals surface area contributed by atoms with Crippen LogP contribution in [0.5, 0.6) is 5.75 Å². The van der Waals surface area contributed by atoms with E-state index in [-0.39, 0.29) is 16.7 Å². The highest BCUT2D eigenvalue weighted by molar-refractivity contribution is 6.00. The van der Waals surface area contributed by atoms with Crippen LogP contribution in [0.2, 0.25) is 0 Å². The molecule has 3 aromatic rings. The Morgan fingerprint density at radius 2 is 1.74 bits per heavy atom. The maximum atomic E-state index is 12.9. The second-order valence-corrected chi connectivity index (χ2v) is 5.50. The van der Waals surface area contributed by atoms with Crippen molar-refractivity contribution in [3.63, 3.8) is 0 Å². The number of hydrogen-bond acceptors (Lipinski definition) is 5. The lowest BCUT2D eigenvalue weighted by atomic mass is 10.1. The largest absolute Gasteiger partial charge is 0.494 e. The number of carbonyl (C=O) groups is 2. The van der Waals surface area contributed by atoms with Crippen LogP contribution in [0.4, 0.5) is 4.39 Å². The van der Waals surface area contributed by atoms with Crippen molar-refractivity contribution in [2.75, 3.05) is 6.61 Å². The highest BCUT2D eigenvalue weighted by Crippen LogP contribution is 2.20. The monoisotopic (exact) mass is 370 g/mol. The lowest BCUT2D eigenvalue weighted by molar-refractivity contribution is 0.0844. The van der Waals surface area contributed by atoms with E-state index in [9.17, 15) is 18.8 Å². The highest BCUT2D eigenvalue weighted by atomic mass is 19.1. The Morgan fingerprint density at radius 3 is 2.44 bits per heavy atom. The van der Waals surface area contributed by atoms with E-state index in [1.54, 1.807) is 18.2 Å². The minimum Gasteiger partial charge on any atom is -0.494 e. The van der Waals surface area contributed by atoms with Gasteiger partial charge in [0, 0.05) is 17.0 Å². The third-order valence-corrected chi connectivity index (χ3v) is 3.66. The van der Waals surface area contributed by atoms with Gasteiger partial charge in [-0.3, -0.25) is 20.4 Å². The molecular weight excluding hydrogens is 355 g/mol. The van der Waals surface area contributed by atoms with Crippen LogP contribution in [-0.4, -0.2) is 18.4 Å². The first-order valence-corrected chi connectivity index (χ1v) is 8.05. The summed E-state index contributed by atoms with van der Waals surface area (Å²) in [6.45, 7) is 2.29. The smallest absolute Gasteiger partial charge is 0.349 e. The zero-order chi connectivity index (χ0) is 19.4. The summed E-state index contributed by atoms with van der Waals surface area (Å²) in [6, 6.07) is 11.0. The Labute approximate surface area is 152 Å². The maximum Gasteiger partial charge on any atom is 0.349 e. The molecule has 0 unspecified atom stereocenters. The van der Waals surface area contributed by atoms with E-state index in [1.807, 2.05) is 6.92 Å². The van der Waals surface area contributed by atoms with Gasteiger partial charge in [-0.05, 0) is 49.4 Å². The number of hydrazine groups is 1. The van der Waals surface area contributed by atoms with E-state index in [4.69, 9.17) is 9.15 Å². The van der Waals surface area contributed by atoms with Crippen LogP contribution in [-0.2, 0) is 0 Å². The molecule has 0 bridgehead atoms. The highest BCUT2D eigenvalue weighted by Gasteiger charge is 2.15. The van der Waals surface area contributed by atoms with Gasteiger partial charge >= 0.3 is 5.63 Å². The van der Waals surface area contributed by atoms with E-state index < -0.39 is 23.3 Å². The molecule has 0 aliphatic heterocycles.